The molecule has 0 aliphatic heterocycles. The first-order chi connectivity index (χ1) is 7.90. The monoisotopic (exact) mass is 236 g/mol. The zero-order chi connectivity index (χ0) is 13.0. The van der Waals surface area contributed by atoms with E-state index in [4.69, 9.17) is 0 Å². The van der Waals surface area contributed by atoms with Crippen LogP contribution in [0, 0.1) is 6.92 Å². The van der Waals surface area contributed by atoms with Crippen molar-refractivity contribution in [1.82, 2.24) is 10.2 Å². The molecule has 17 heavy (non-hydrogen) atoms. The molecule has 0 spiro atoms. The zero-order valence-corrected chi connectivity index (χ0v) is 10.8. The third kappa shape index (κ3) is 4.07. The molecule has 1 rings (SSSR count). The third-order valence-corrected chi connectivity index (χ3v) is 2.41. The van der Waals surface area contributed by atoms with E-state index < -0.39 is 0 Å². The molecule has 0 aliphatic rings. The van der Waals surface area contributed by atoms with E-state index >= 15 is 0 Å². The Labute approximate surface area is 102 Å². The van der Waals surface area contributed by atoms with Crippen LogP contribution in [0.1, 0.15) is 22.8 Å². The first kappa shape index (κ1) is 13.5. The number of likely N-dealkylation sites (N-methyl/N-ethyl adjacent to an activating group) is 1. The van der Waals surface area contributed by atoms with Crippen molar-refractivity contribution in [3.8, 4) is 5.75 Å². The van der Waals surface area contributed by atoms with Crippen molar-refractivity contribution in [2.45, 2.75) is 19.9 Å². The molecule has 0 saturated carbocycles. The smallest absolute Gasteiger partial charge is 0.255 e. The SMILES string of the molecule is Cc1ccc(C(=O)NC(C)CN(C)C)c(O)c1. The van der Waals surface area contributed by atoms with Gasteiger partial charge in [0.25, 0.3) is 5.91 Å². The minimum absolute atomic E-state index is 0.0274. The highest BCUT2D eigenvalue weighted by Gasteiger charge is 2.13. The van der Waals surface area contributed by atoms with Crippen molar-refractivity contribution in [2.75, 3.05) is 20.6 Å². The van der Waals surface area contributed by atoms with Gasteiger partial charge in [0.2, 0.25) is 0 Å². The number of carbonyl (C=O) groups excluding carboxylic acids is 1. The van der Waals surface area contributed by atoms with Gasteiger partial charge in [-0.3, -0.25) is 4.79 Å². The molecule has 0 fully saturated rings. The summed E-state index contributed by atoms with van der Waals surface area (Å²) >= 11 is 0. The van der Waals surface area contributed by atoms with Crippen molar-refractivity contribution in [2.24, 2.45) is 0 Å². The Morgan fingerprint density at radius 1 is 1.47 bits per heavy atom. The maximum atomic E-state index is 11.9. The van der Waals surface area contributed by atoms with Crippen LogP contribution in [0.5, 0.6) is 5.75 Å². The Balaban J connectivity index is 2.70. The van der Waals surface area contributed by atoms with E-state index in [1.165, 1.54) is 0 Å². The van der Waals surface area contributed by atoms with Crippen molar-refractivity contribution in [3.05, 3.63) is 29.3 Å². The van der Waals surface area contributed by atoms with Gasteiger partial charge in [-0.25, -0.2) is 0 Å². The Bertz CT molecular complexity index is 402. The van der Waals surface area contributed by atoms with Crippen LogP contribution in [0.2, 0.25) is 0 Å². The van der Waals surface area contributed by atoms with Crippen molar-refractivity contribution in [3.63, 3.8) is 0 Å². The lowest BCUT2D eigenvalue weighted by molar-refractivity contribution is 0.0931. The van der Waals surface area contributed by atoms with E-state index in [-0.39, 0.29) is 17.7 Å². The lowest BCUT2D eigenvalue weighted by Gasteiger charge is -2.18. The van der Waals surface area contributed by atoms with Gasteiger partial charge in [-0.05, 0) is 45.6 Å². The van der Waals surface area contributed by atoms with Crippen LogP contribution in [0.25, 0.3) is 0 Å². The number of rotatable bonds is 4. The highest BCUT2D eigenvalue weighted by atomic mass is 16.3. The van der Waals surface area contributed by atoms with Crippen molar-refractivity contribution >= 4 is 5.91 Å². The Morgan fingerprint density at radius 3 is 2.65 bits per heavy atom. The summed E-state index contributed by atoms with van der Waals surface area (Å²) < 4.78 is 0. The Morgan fingerprint density at radius 2 is 2.12 bits per heavy atom. The van der Waals surface area contributed by atoms with E-state index in [0.717, 1.165) is 12.1 Å². The minimum atomic E-state index is -0.239. The van der Waals surface area contributed by atoms with Gasteiger partial charge in [-0.15, -0.1) is 0 Å². The second-order valence-corrected chi connectivity index (χ2v) is 4.66. The van der Waals surface area contributed by atoms with Gasteiger partial charge >= 0.3 is 0 Å². The van der Waals surface area contributed by atoms with Crippen LogP contribution in [0.4, 0.5) is 0 Å². The quantitative estimate of drug-likeness (QED) is 0.830. The molecule has 0 aliphatic carbocycles. The molecule has 0 heterocycles. The molecular weight excluding hydrogens is 216 g/mol. The van der Waals surface area contributed by atoms with Gasteiger partial charge < -0.3 is 15.3 Å². The summed E-state index contributed by atoms with van der Waals surface area (Å²) in [5.74, 6) is -0.212. The fraction of sp³-hybridized carbons (Fsp3) is 0.462. The molecule has 1 unspecified atom stereocenters. The molecule has 94 valence electrons. The number of hydrogen-bond donors (Lipinski definition) is 2. The number of amides is 1. The van der Waals surface area contributed by atoms with E-state index in [1.807, 2.05) is 38.9 Å². The average Bonchev–Trinajstić information content (AvgIpc) is 2.15. The molecule has 0 aromatic heterocycles. The second kappa shape index (κ2) is 5.68. The van der Waals surface area contributed by atoms with E-state index in [1.54, 1.807) is 12.1 Å². The molecule has 0 bridgehead atoms. The number of aryl methyl sites for hydroxylation is 1. The van der Waals surface area contributed by atoms with Crippen LogP contribution in [-0.2, 0) is 0 Å². The molecular formula is C13H20N2O2. The maximum Gasteiger partial charge on any atom is 0.255 e. The van der Waals surface area contributed by atoms with Crippen LogP contribution < -0.4 is 5.32 Å². The number of nitrogens with one attached hydrogen (secondary N) is 1. The first-order valence-electron chi connectivity index (χ1n) is 5.65. The van der Waals surface area contributed by atoms with Crippen molar-refractivity contribution < 1.29 is 9.90 Å². The van der Waals surface area contributed by atoms with Crippen LogP contribution >= 0.6 is 0 Å². The standard InChI is InChI=1S/C13H20N2O2/c1-9-5-6-11(12(16)7-9)13(17)14-10(2)8-15(3)4/h5-7,10,16H,8H2,1-4H3,(H,14,17). The summed E-state index contributed by atoms with van der Waals surface area (Å²) in [6, 6.07) is 5.08. The maximum absolute atomic E-state index is 11.9. The number of carbonyl (C=O) groups is 1. The number of benzene rings is 1. The summed E-state index contributed by atoms with van der Waals surface area (Å²) in [4.78, 5) is 13.9. The normalized spacial score (nSPS) is 12.5. The topological polar surface area (TPSA) is 52.6 Å². The Hall–Kier alpha value is -1.55. The molecule has 1 aromatic rings. The lowest BCUT2D eigenvalue weighted by atomic mass is 10.1. The molecule has 0 saturated heterocycles. The predicted molar refractivity (Wildman–Crippen MR) is 68.3 cm³/mol. The largest absolute Gasteiger partial charge is 0.507 e. The fourth-order valence-electron chi connectivity index (χ4n) is 1.73. The van der Waals surface area contributed by atoms with E-state index in [9.17, 15) is 9.90 Å². The number of nitrogens with zero attached hydrogens (tertiary/aromatic N) is 1. The fourth-order valence-corrected chi connectivity index (χ4v) is 1.73. The third-order valence-electron chi connectivity index (χ3n) is 2.41. The predicted octanol–water partition coefficient (Wildman–Crippen LogP) is 1.38. The summed E-state index contributed by atoms with van der Waals surface area (Å²) in [5.41, 5.74) is 1.25. The molecule has 4 heteroatoms. The molecule has 1 atom stereocenters. The van der Waals surface area contributed by atoms with Crippen molar-refractivity contribution in [1.29, 1.82) is 0 Å². The molecule has 2 N–H and O–H groups in total. The molecule has 1 amide bonds. The molecule has 1 aromatic carbocycles. The van der Waals surface area contributed by atoms with Gasteiger partial charge in [0.1, 0.15) is 5.75 Å². The Kier molecular flexibility index (Phi) is 4.52. The van der Waals surface area contributed by atoms with Crippen LogP contribution in [0.15, 0.2) is 18.2 Å². The minimum Gasteiger partial charge on any atom is -0.507 e. The average molecular weight is 236 g/mol. The number of aromatic hydroxyl groups is 1. The highest BCUT2D eigenvalue weighted by Crippen LogP contribution is 2.18. The summed E-state index contributed by atoms with van der Waals surface area (Å²) in [5, 5.41) is 12.5. The van der Waals surface area contributed by atoms with Gasteiger partial charge in [0.15, 0.2) is 0 Å². The summed E-state index contributed by atoms with van der Waals surface area (Å²) in [7, 11) is 3.90. The number of phenolic OH excluding ortho intramolecular Hbond substituents is 1. The van der Waals surface area contributed by atoms with Crippen LogP contribution in [0.3, 0.4) is 0 Å². The van der Waals surface area contributed by atoms with Gasteiger partial charge in [-0.1, -0.05) is 6.07 Å². The van der Waals surface area contributed by atoms with Gasteiger partial charge in [0, 0.05) is 12.6 Å². The molecule has 4 nitrogen and oxygen atoms in total. The number of phenols is 1. The number of hydrogen-bond acceptors (Lipinski definition) is 3. The van der Waals surface area contributed by atoms with Gasteiger partial charge in [0.05, 0.1) is 5.56 Å². The molecule has 0 radical (unpaired) electrons. The summed E-state index contributed by atoms with van der Waals surface area (Å²) in [6.07, 6.45) is 0. The van der Waals surface area contributed by atoms with Gasteiger partial charge in [-0.2, -0.15) is 0 Å². The van der Waals surface area contributed by atoms with E-state index in [2.05, 4.69) is 5.32 Å². The summed E-state index contributed by atoms with van der Waals surface area (Å²) in [6.45, 7) is 4.57. The lowest BCUT2D eigenvalue weighted by Crippen LogP contribution is -2.39. The van der Waals surface area contributed by atoms with Crippen LogP contribution in [-0.4, -0.2) is 42.6 Å². The van der Waals surface area contributed by atoms with E-state index in [0.29, 0.717) is 5.56 Å². The second-order valence-electron chi connectivity index (χ2n) is 4.66. The first-order valence-corrected chi connectivity index (χ1v) is 5.65. The zero-order valence-electron chi connectivity index (χ0n) is 10.8. The highest BCUT2D eigenvalue weighted by molar-refractivity contribution is 5.97.